The Morgan fingerprint density at radius 3 is 3.00 bits per heavy atom. The van der Waals surface area contributed by atoms with Gasteiger partial charge in [0.2, 0.25) is 0 Å². The molecule has 0 spiro atoms. The predicted molar refractivity (Wildman–Crippen MR) is 81.8 cm³/mol. The molecule has 2 aromatic rings. The maximum absolute atomic E-state index is 12.3. The van der Waals surface area contributed by atoms with Crippen LogP contribution >= 0.6 is 0 Å². The molecular weight excluding hydrogens is 266 g/mol. The van der Waals surface area contributed by atoms with Crippen LogP contribution in [0.15, 0.2) is 30.3 Å². The molecule has 110 valence electrons. The fourth-order valence-corrected chi connectivity index (χ4v) is 3.01. The third-order valence-corrected chi connectivity index (χ3v) is 4.19. The number of carbonyl (C=O) groups is 1. The summed E-state index contributed by atoms with van der Waals surface area (Å²) in [6, 6.07) is 9.13. The van der Waals surface area contributed by atoms with Crippen molar-refractivity contribution in [3.8, 4) is 0 Å². The minimum Gasteiger partial charge on any atom is -0.398 e. The maximum atomic E-state index is 12.3. The van der Waals surface area contributed by atoms with Gasteiger partial charge in [-0.3, -0.25) is 4.79 Å². The summed E-state index contributed by atoms with van der Waals surface area (Å²) in [5, 5.41) is 13.1. The highest BCUT2D eigenvalue weighted by Gasteiger charge is 2.28. The van der Waals surface area contributed by atoms with E-state index in [0.29, 0.717) is 16.9 Å². The Morgan fingerprint density at radius 2 is 2.19 bits per heavy atom. The molecule has 2 unspecified atom stereocenters. The number of aliphatic hydroxyl groups excluding tert-OH is 1. The van der Waals surface area contributed by atoms with Crippen LogP contribution in [0.3, 0.4) is 0 Å². The van der Waals surface area contributed by atoms with Crippen molar-refractivity contribution >= 4 is 22.5 Å². The number of aliphatic hydroxyl groups is 1. The Bertz CT molecular complexity index is 672. The van der Waals surface area contributed by atoms with E-state index in [9.17, 15) is 9.90 Å². The number of fused-ring (bicyclic) bond motifs is 1. The minimum absolute atomic E-state index is 0.0250. The summed E-state index contributed by atoms with van der Waals surface area (Å²) in [5.41, 5.74) is 7.59. The van der Waals surface area contributed by atoms with Gasteiger partial charge in [-0.05, 0) is 25.0 Å². The van der Waals surface area contributed by atoms with Crippen LogP contribution in [0.5, 0.6) is 0 Å². The van der Waals surface area contributed by atoms with Crippen LogP contribution in [0.2, 0.25) is 0 Å². The molecule has 2 atom stereocenters. The van der Waals surface area contributed by atoms with Crippen LogP contribution < -0.4 is 11.1 Å². The van der Waals surface area contributed by atoms with Gasteiger partial charge in [-0.15, -0.1) is 0 Å². The molecule has 5 heteroatoms. The SMILES string of the molecule is Nc1cc(C(=O)NC2CCCC2CO)nc2ccccc12. The number of carbonyl (C=O) groups excluding carboxylic acids is 1. The molecule has 1 aromatic heterocycles. The van der Waals surface area contributed by atoms with E-state index in [1.54, 1.807) is 6.07 Å². The van der Waals surface area contributed by atoms with Gasteiger partial charge in [0.05, 0.1) is 5.52 Å². The summed E-state index contributed by atoms with van der Waals surface area (Å²) in [5.74, 6) is -0.0791. The van der Waals surface area contributed by atoms with E-state index in [0.717, 1.165) is 24.6 Å². The van der Waals surface area contributed by atoms with Crippen molar-refractivity contribution in [2.45, 2.75) is 25.3 Å². The smallest absolute Gasteiger partial charge is 0.270 e. The Labute approximate surface area is 123 Å². The number of aromatic nitrogens is 1. The second-order valence-electron chi connectivity index (χ2n) is 5.57. The fourth-order valence-electron chi connectivity index (χ4n) is 3.01. The van der Waals surface area contributed by atoms with E-state index in [1.165, 1.54) is 0 Å². The summed E-state index contributed by atoms with van der Waals surface area (Å²) >= 11 is 0. The molecule has 0 aliphatic heterocycles. The number of hydrogen-bond donors (Lipinski definition) is 3. The molecule has 1 aliphatic carbocycles. The van der Waals surface area contributed by atoms with Gasteiger partial charge in [0.15, 0.2) is 0 Å². The standard InChI is InChI=1S/C16H19N3O2/c17-12-8-15(18-14-6-2-1-5-11(12)14)16(21)19-13-7-3-4-10(13)9-20/h1-2,5-6,8,10,13,20H,3-4,7,9H2,(H2,17,18)(H,19,21). The third kappa shape index (κ3) is 2.69. The predicted octanol–water partition coefficient (Wildman–Crippen LogP) is 1.71. The van der Waals surface area contributed by atoms with Crippen LogP contribution in [-0.4, -0.2) is 28.6 Å². The van der Waals surface area contributed by atoms with Crippen molar-refractivity contribution in [2.75, 3.05) is 12.3 Å². The van der Waals surface area contributed by atoms with Crippen LogP contribution in [0.4, 0.5) is 5.69 Å². The highest BCUT2D eigenvalue weighted by atomic mass is 16.3. The summed E-state index contributed by atoms with van der Waals surface area (Å²) in [4.78, 5) is 16.7. The number of pyridine rings is 1. The second-order valence-corrected chi connectivity index (χ2v) is 5.57. The van der Waals surface area contributed by atoms with E-state index in [4.69, 9.17) is 5.73 Å². The zero-order valence-corrected chi connectivity index (χ0v) is 11.7. The molecule has 3 rings (SSSR count). The second kappa shape index (κ2) is 5.69. The Balaban J connectivity index is 1.84. The first-order valence-electron chi connectivity index (χ1n) is 7.26. The third-order valence-electron chi connectivity index (χ3n) is 4.19. The Hall–Kier alpha value is -2.14. The molecule has 0 saturated heterocycles. The van der Waals surface area contributed by atoms with Crippen molar-refractivity contribution in [1.82, 2.24) is 10.3 Å². The van der Waals surface area contributed by atoms with Crippen molar-refractivity contribution in [3.05, 3.63) is 36.0 Å². The molecule has 0 bridgehead atoms. The van der Waals surface area contributed by atoms with Gasteiger partial charge in [-0.25, -0.2) is 4.98 Å². The van der Waals surface area contributed by atoms with Crippen molar-refractivity contribution in [2.24, 2.45) is 5.92 Å². The lowest BCUT2D eigenvalue weighted by Gasteiger charge is -2.19. The topological polar surface area (TPSA) is 88.2 Å². The normalized spacial score (nSPS) is 21.6. The first-order valence-corrected chi connectivity index (χ1v) is 7.26. The van der Waals surface area contributed by atoms with Crippen molar-refractivity contribution in [1.29, 1.82) is 0 Å². The zero-order valence-electron chi connectivity index (χ0n) is 11.7. The van der Waals surface area contributed by atoms with E-state index in [1.807, 2.05) is 24.3 Å². The summed E-state index contributed by atoms with van der Waals surface area (Å²) < 4.78 is 0. The van der Waals surface area contributed by atoms with Gasteiger partial charge in [-0.2, -0.15) is 0 Å². The molecule has 1 amide bonds. The lowest BCUT2D eigenvalue weighted by molar-refractivity contribution is 0.0911. The van der Waals surface area contributed by atoms with Gasteiger partial charge in [0.1, 0.15) is 5.69 Å². The quantitative estimate of drug-likeness (QED) is 0.801. The highest BCUT2D eigenvalue weighted by Crippen LogP contribution is 2.26. The molecule has 1 saturated carbocycles. The molecule has 5 nitrogen and oxygen atoms in total. The van der Waals surface area contributed by atoms with Crippen LogP contribution in [-0.2, 0) is 0 Å². The number of nitrogens with one attached hydrogen (secondary N) is 1. The summed E-state index contributed by atoms with van der Waals surface area (Å²) in [6.45, 7) is 0.109. The molecule has 21 heavy (non-hydrogen) atoms. The monoisotopic (exact) mass is 285 g/mol. The van der Waals surface area contributed by atoms with Gasteiger partial charge in [0, 0.05) is 29.6 Å². The molecule has 1 fully saturated rings. The summed E-state index contributed by atoms with van der Waals surface area (Å²) in [6.07, 6.45) is 2.89. The van der Waals surface area contributed by atoms with Gasteiger partial charge < -0.3 is 16.2 Å². The fraction of sp³-hybridized carbons (Fsp3) is 0.375. The Kier molecular flexibility index (Phi) is 3.75. The van der Waals surface area contributed by atoms with Gasteiger partial charge >= 0.3 is 0 Å². The maximum Gasteiger partial charge on any atom is 0.270 e. The van der Waals surface area contributed by atoms with Crippen molar-refractivity contribution < 1.29 is 9.90 Å². The van der Waals surface area contributed by atoms with Gasteiger partial charge in [-0.1, -0.05) is 24.6 Å². The van der Waals surface area contributed by atoms with E-state index in [2.05, 4.69) is 10.3 Å². The van der Waals surface area contributed by atoms with Crippen LogP contribution in [0.1, 0.15) is 29.8 Å². The number of amides is 1. The van der Waals surface area contributed by atoms with E-state index in [-0.39, 0.29) is 24.5 Å². The molecule has 1 aromatic carbocycles. The zero-order chi connectivity index (χ0) is 14.8. The number of nitrogens with two attached hydrogens (primary N) is 1. The highest BCUT2D eigenvalue weighted by molar-refractivity contribution is 5.99. The number of nitrogens with zero attached hydrogens (tertiary/aromatic N) is 1. The average Bonchev–Trinajstić information content (AvgIpc) is 2.94. The molecule has 1 heterocycles. The number of hydrogen-bond acceptors (Lipinski definition) is 4. The largest absolute Gasteiger partial charge is 0.398 e. The molecule has 1 aliphatic rings. The lowest BCUT2D eigenvalue weighted by atomic mass is 10.0. The van der Waals surface area contributed by atoms with E-state index >= 15 is 0 Å². The number of nitrogen functional groups attached to an aromatic ring is 1. The molecule has 4 N–H and O–H groups in total. The number of benzene rings is 1. The number of rotatable bonds is 3. The van der Waals surface area contributed by atoms with Gasteiger partial charge in [0.25, 0.3) is 5.91 Å². The van der Waals surface area contributed by atoms with Crippen LogP contribution in [0, 0.1) is 5.92 Å². The first kappa shape index (κ1) is 13.8. The minimum atomic E-state index is -0.224. The molecule has 0 radical (unpaired) electrons. The number of para-hydroxylation sites is 1. The summed E-state index contributed by atoms with van der Waals surface area (Å²) in [7, 11) is 0. The van der Waals surface area contributed by atoms with Crippen LogP contribution in [0.25, 0.3) is 10.9 Å². The lowest BCUT2D eigenvalue weighted by Crippen LogP contribution is -2.38. The molecular formula is C16H19N3O2. The van der Waals surface area contributed by atoms with E-state index < -0.39 is 0 Å². The Morgan fingerprint density at radius 1 is 1.38 bits per heavy atom. The van der Waals surface area contributed by atoms with Crippen molar-refractivity contribution in [3.63, 3.8) is 0 Å². The number of anilines is 1. The average molecular weight is 285 g/mol. The first-order chi connectivity index (χ1) is 10.2.